The molecule has 2 aromatic rings. The molecule has 2 fully saturated rings. The highest BCUT2D eigenvalue weighted by Crippen LogP contribution is 2.53. The largest absolute Gasteiger partial charge is 0.477 e. The lowest BCUT2D eigenvalue weighted by atomic mass is 9.83. The number of aromatic nitrogens is 1. The minimum Gasteiger partial charge on any atom is -0.477 e. The fraction of sp³-hybridized carbons (Fsp3) is 0.476. The minimum atomic E-state index is -0.935. The van der Waals surface area contributed by atoms with Gasteiger partial charge in [-0.1, -0.05) is 16.4 Å². The standard InChI is InChI=1S/C21H24N2O4S2/c1-20(2)11-13(5-8-27-20)12-3-4-15-14(9-12)10-16(17(24)25)23(15)21(6-7-21)18-22-19(26)29-28-18/h3-4,9-10,13,26,29H,5-8,11H2,1-2H3,(H,24,25). The van der Waals surface area contributed by atoms with Crippen molar-refractivity contribution in [1.82, 2.24) is 4.57 Å². The number of aliphatic imine (C=N–C) groups is 1. The number of benzene rings is 1. The van der Waals surface area contributed by atoms with Gasteiger partial charge in [0, 0.05) is 17.5 Å². The van der Waals surface area contributed by atoms with Crippen LogP contribution in [0.25, 0.3) is 10.9 Å². The SMILES string of the molecule is CC1(C)CC(c2ccc3c(c2)cc(C(=O)O)n3C2(C3=NC(O)=[SH]S3)CC2)CCO1. The molecule has 1 aromatic heterocycles. The first kappa shape index (κ1) is 19.4. The van der Waals surface area contributed by atoms with Crippen molar-refractivity contribution in [3.05, 3.63) is 35.5 Å². The van der Waals surface area contributed by atoms with Crippen molar-refractivity contribution < 1.29 is 19.7 Å². The van der Waals surface area contributed by atoms with Crippen LogP contribution >= 0.6 is 21.2 Å². The lowest BCUT2D eigenvalue weighted by Gasteiger charge is -2.35. The number of ether oxygens (including phenoxy) is 1. The van der Waals surface area contributed by atoms with Crippen LogP contribution < -0.4 is 0 Å². The van der Waals surface area contributed by atoms with Crippen LogP contribution in [0.3, 0.4) is 0 Å². The molecule has 0 bridgehead atoms. The van der Waals surface area contributed by atoms with Crippen LogP contribution in [0.5, 0.6) is 0 Å². The molecule has 0 amide bonds. The van der Waals surface area contributed by atoms with Gasteiger partial charge in [-0.3, -0.25) is 0 Å². The molecule has 1 aliphatic carbocycles. The summed E-state index contributed by atoms with van der Waals surface area (Å²) in [7, 11) is 2.19. The maximum Gasteiger partial charge on any atom is 0.352 e. The Balaban J connectivity index is 1.59. The Morgan fingerprint density at radius 3 is 2.76 bits per heavy atom. The van der Waals surface area contributed by atoms with E-state index in [1.54, 1.807) is 6.07 Å². The number of carbonyl (C=O) groups is 1. The van der Waals surface area contributed by atoms with Gasteiger partial charge in [0.15, 0.2) is 5.17 Å². The van der Waals surface area contributed by atoms with Crippen LogP contribution in [0, 0.1) is 0 Å². The number of rotatable bonds is 4. The first-order chi connectivity index (χ1) is 13.8. The van der Waals surface area contributed by atoms with Gasteiger partial charge < -0.3 is 19.5 Å². The zero-order valence-corrected chi connectivity index (χ0v) is 18.1. The number of aromatic carboxylic acids is 1. The molecule has 1 atom stereocenters. The van der Waals surface area contributed by atoms with Gasteiger partial charge >= 0.3 is 5.97 Å². The molecule has 8 heteroatoms. The maximum absolute atomic E-state index is 12.1. The van der Waals surface area contributed by atoms with Crippen molar-refractivity contribution in [1.29, 1.82) is 0 Å². The quantitative estimate of drug-likeness (QED) is 0.371. The van der Waals surface area contributed by atoms with Crippen LogP contribution in [-0.4, -0.2) is 43.2 Å². The topological polar surface area (TPSA) is 84.0 Å². The monoisotopic (exact) mass is 432 g/mol. The molecule has 29 heavy (non-hydrogen) atoms. The molecule has 5 rings (SSSR count). The Bertz CT molecular complexity index is 1080. The zero-order chi connectivity index (χ0) is 20.4. The number of thiol groups is 1. The molecule has 2 aliphatic heterocycles. The minimum absolute atomic E-state index is 0.0917. The number of carboxylic acids is 1. The number of hydrogen-bond donors (Lipinski definition) is 3. The average molecular weight is 433 g/mol. The van der Waals surface area contributed by atoms with Crippen molar-refractivity contribution >= 4 is 48.3 Å². The lowest BCUT2D eigenvalue weighted by molar-refractivity contribution is -0.0592. The van der Waals surface area contributed by atoms with Crippen LogP contribution in [0.4, 0.5) is 0 Å². The summed E-state index contributed by atoms with van der Waals surface area (Å²) >= 11 is 0. The van der Waals surface area contributed by atoms with E-state index in [0.29, 0.717) is 16.3 Å². The van der Waals surface area contributed by atoms with E-state index in [1.165, 1.54) is 16.4 Å². The first-order valence-corrected chi connectivity index (χ1v) is 12.2. The average Bonchev–Trinajstić information content (AvgIpc) is 3.17. The highest BCUT2D eigenvalue weighted by atomic mass is 33.1. The van der Waals surface area contributed by atoms with Gasteiger partial charge in [-0.15, -0.1) is 0 Å². The van der Waals surface area contributed by atoms with Crippen LogP contribution in [0.15, 0.2) is 29.3 Å². The van der Waals surface area contributed by atoms with Crippen LogP contribution in [0.1, 0.15) is 61.5 Å². The number of carboxylic acid groups (broad SMARTS) is 1. The Kier molecular flexibility index (Phi) is 4.47. The summed E-state index contributed by atoms with van der Waals surface area (Å²) in [5.74, 6) is -0.523. The number of fused-ring (bicyclic) bond motifs is 1. The summed E-state index contributed by atoms with van der Waals surface area (Å²) in [6.45, 7) is 5.00. The maximum atomic E-state index is 12.1. The summed E-state index contributed by atoms with van der Waals surface area (Å²) in [4.78, 5) is 16.4. The zero-order valence-electron chi connectivity index (χ0n) is 16.4. The normalized spacial score (nSPS) is 25.3. The third-order valence-corrected chi connectivity index (χ3v) is 8.46. The number of nitrogens with zero attached hydrogens (tertiary/aromatic N) is 2. The van der Waals surface area contributed by atoms with Gasteiger partial charge in [-0.2, -0.15) is 0 Å². The van der Waals surface area contributed by atoms with Crippen molar-refractivity contribution in [2.75, 3.05) is 6.61 Å². The van der Waals surface area contributed by atoms with Crippen molar-refractivity contribution in [2.45, 2.75) is 56.6 Å². The van der Waals surface area contributed by atoms with Crippen molar-refractivity contribution in [3.8, 4) is 0 Å². The summed E-state index contributed by atoms with van der Waals surface area (Å²) in [6.07, 6.45) is 3.60. The molecule has 2 N–H and O–H groups in total. The fourth-order valence-electron chi connectivity index (χ4n) is 4.68. The summed E-state index contributed by atoms with van der Waals surface area (Å²) < 4.78 is 7.79. The van der Waals surface area contributed by atoms with E-state index >= 15 is 0 Å². The van der Waals surface area contributed by atoms with Gasteiger partial charge in [0.25, 0.3) is 0 Å². The molecule has 6 nitrogen and oxygen atoms in total. The Morgan fingerprint density at radius 1 is 1.34 bits per heavy atom. The molecular weight excluding hydrogens is 408 g/mol. The second kappa shape index (κ2) is 6.70. The molecule has 1 saturated heterocycles. The molecule has 1 aromatic carbocycles. The summed E-state index contributed by atoms with van der Waals surface area (Å²) in [5, 5.41) is 21.5. The van der Waals surface area contributed by atoms with E-state index in [2.05, 4.69) is 37.0 Å². The molecular formula is C21H24N2O4S2. The first-order valence-electron chi connectivity index (χ1n) is 9.85. The second-order valence-electron chi connectivity index (χ2n) is 8.72. The summed E-state index contributed by atoms with van der Waals surface area (Å²) in [5.41, 5.74) is 1.86. The molecule has 3 aliphatic rings. The van der Waals surface area contributed by atoms with Gasteiger partial charge in [0.2, 0.25) is 0 Å². The summed E-state index contributed by atoms with van der Waals surface area (Å²) in [6, 6.07) is 8.12. The van der Waals surface area contributed by atoms with E-state index in [0.717, 1.165) is 48.2 Å². The smallest absolute Gasteiger partial charge is 0.352 e. The number of aliphatic hydroxyl groups is 1. The predicted octanol–water partition coefficient (Wildman–Crippen LogP) is 4.67. The number of aliphatic hydroxyl groups excluding tert-OH is 1. The third-order valence-electron chi connectivity index (χ3n) is 6.18. The third kappa shape index (κ3) is 3.26. The molecule has 0 spiro atoms. The van der Waals surface area contributed by atoms with E-state index in [1.807, 2.05) is 4.57 Å². The Hall–Kier alpha value is -1.61. The van der Waals surface area contributed by atoms with E-state index < -0.39 is 11.5 Å². The molecule has 154 valence electrons. The van der Waals surface area contributed by atoms with E-state index in [-0.39, 0.29) is 16.5 Å². The highest BCUT2D eigenvalue weighted by Gasteiger charge is 2.52. The highest BCUT2D eigenvalue weighted by molar-refractivity contribution is 8.81. The molecule has 1 saturated carbocycles. The van der Waals surface area contributed by atoms with Gasteiger partial charge in [0.1, 0.15) is 10.7 Å². The van der Waals surface area contributed by atoms with Crippen molar-refractivity contribution in [2.24, 2.45) is 4.99 Å². The van der Waals surface area contributed by atoms with Crippen LogP contribution in [0.2, 0.25) is 0 Å². The van der Waals surface area contributed by atoms with Gasteiger partial charge in [-0.05, 0) is 80.0 Å². The molecule has 0 radical (unpaired) electrons. The number of hydrogen-bond acceptors (Lipinski definition) is 4. The Labute approximate surface area is 176 Å². The van der Waals surface area contributed by atoms with E-state index in [9.17, 15) is 15.0 Å². The second-order valence-corrected chi connectivity index (χ2v) is 11.0. The predicted molar refractivity (Wildman–Crippen MR) is 120 cm³/mol. The van der Waals surface area contributed by atoms with Crippen molar-refractivity contribution in [3.63, 3.8) is 0 Å². The lowest BCUT2D eigenvalue weighted by Crippen LogP contribution is -2.33. The Morgan fingerprint density at radius 2 is 2.14 bits per heavy atom. The van der Waals surface area contributed by atoms with Gasteiger partial charge in [0.05, 0.1) is 11.1 Å². The molecule has 1 unspecified atom stereocenters. The van der Waals surface area contributed by atoms with Crippen LogP contribution in [-0.2, 0) is 10.3 Å². The van der Waals surface area contributed by atoms with E-state index in [4.69, 9.17) is 4.74 Å². The fourth-order valence-corrected chi connectivity index (χ4v) is 6.91. The molecule has 3 heterocycles. The van der Waals surface area contributed by atoms with Gasteiger partial charge in [-0.25, -0.2) is 9.79 Å².